The third-order valence-corrected chi connectivity index (χ3v) is 5.85. The van der Waals surface area contributed by atoms with Crippen molar-refractivity contribution >= 4 is 23.1 Å². The third kappa shape index (κ3) is 2.79. The number of nitrogens with one attached hydrogen (secondary N) is 1. The summed E-state index contributed by atoms with van der Waals surface area (Å²) < 4.78 is 1.99. The SMILES string of the molecule is CCCn1cc(C(NN)c2cc3c(s2)CCSC3)cn1. The van der Waals surface area contributed by atoms with E-state index < -0.39 is 0 Å². The molecule has 2 aromatic rings. The number of hydrogen-bond donors (Lipinski definition) is 2. The van der Waals surface area contributed by atoms with Crippen LogP contribution in [0.15, 0.2) is 18.5 Å². The van der Waals surface area contributed by atoms with Gasteiger partial charge in [-0.15, -0.1) is 11.3 Å². The number of thioether (sulfide) groups is 1. The monoisotopic (exact) mass is 308 g/mol. The molecule has 0 bridgehead atoms. The number of hydrogen-bond acceptors (Lipinski definition) is 5. The van der Waals surface area contributed by atoms with Crippen LogP contribution in [0, 0.1) is 0 Å². The topological polar surface area (TPSA) is 55.9 Å². The maximum Gasteiger partial charge on any atom is 0.0833 e. The first kappa shape index (κ1) is 14.1. The fraction of sp³-hybridized carbons (Fsp3) is 0.500. The van der Waals surface area contributed by atoms with Crippen LogP contribution in [0.2, 0.25) is 0 Å². The summed E-state index contributed by atoms with van der Waals surface area (Å²) in [5.41, 5.74) is 5.58. The molecule has 0 fully saturated rings. The molecule has 0 amide bonds. The Balaban J connectivity index is 1.86. The zero-order valence-electron chi connectivity index (χ0n) is 11.6. The highest BCUT2D eigenvalue weighted by Crippen LogP contribution is 2.36. The van der Waals surface area contributed by atoms with E-state index in [0.29, 0.717) is 0 Å². The molecule has 3 rings (SSSR count). The normalized spacial score (nSPS) is 16.1. The maximum absolute atomic E-state index is 5.79. The Hall–Kier alpha value is -0.820. The van der Waals surface area contributed by atoms with Gasteiger partial charge in [0.05, 0.1) is 12.2 Å². The van der Waals surface area contributed by atoms with Gasteiger partial charge in [0.1, 0.15) is 0 Å². The minimum absolute atomic E-state index is 0.0567. The van der Waals surface area contributed by atoms with Gasteiger partial charge >= 0.3 is 0 Å². The van der Waals surface area contributed by atoms with Gasteiger partial charge in [0.15, 0.2) is 0 Å². The van der Waals surface area contributed by atoms with E-state index in [4.69, 9.17) is 5.84 Å². The smallest absolute Gasteiger partial charge is 0.0833 e. The molecule has 2 aromatic heterocycles. The Kier molecular flexibility index (Phi) is 4.45. The fourth-order valence-corrected chi connectivity index (χ4v) is 5.00. The summed E-state index contributed by atoms with van der Waals surface area (Å²) in [4.78, 5) is 2.83. The number of aryl methyl sites for hydroxylation is 2. The van der Waals surface area contributed by atoms with Crippen molar-refractivity contribution in [2.24, 2.45) is 5.84 Å². The van der Waals surface area contributed by atoms with Crippen LogP contribution in [-0.2, 0) is 18.7 Å². The van der Waals surface area contributed by atoms with Crippen LogP contribution in [0.25, 0.3) is 0 Å². The molecule has 0 aromatic carbocycles. The zero-order valence-corrected chi connectivity index (χ0v) is 13.3. The van der Waals surface area contributed by atoms with Crippen LogP contribution in [0.1, 0.15) is 40.3 Å². The van der Waals surface area contributed by atoms with Crippen LogP contribution in [0.3, 0.4) is 0 Å². The van der Waals surface area contributed by atoms with Crippen molar-refractivity contribution in [1.82, 2.24) is 15.2 Å². The van der Waals surface area contributed by atoms with Crippen LogP contribution in [0.4, 0.5) is 0 Å². The van der Waals surface area contributed by atoms with E-state index in [9.17, 15) is 0 Å². The van der Waals surface area contributed by atoms with Gasteiger partial charge in [0.2, 0.25) is 0 Å². The highest BCUT2D eigenvalue weighted by Gasteiger charge is 2.21. The predicted octanol–water partition coefficient (Wildman–Crippen LogP) is 2.70. The minimum Gasteiger partial charge on any atom is -0.272 e. The summed E-state index contributed by atoms with van der Waals surface area (Å²) in [6.45, 7) is 3.11. The molecule has 0 radical (unpaired) electrons. The Bertz CT molecular complexity index is 552. The van der Waals surface area contributed by atoms with Crippen LogP contribution in [0.5, 0.6) is 0 Å². The summed E-state index contributed by atoms with van der Waals surface area (Å²) in [7, 11) is 0. The number of hydrazine groups is 1. The van der Waals surface area contributed by atoms with E-state index in [1.54, 1.807) is 0 Å². The Morgan fingerprint density at radius 2 is 2.45 bits per heavy atom. The van der Waals surface area contributed by atoms with Gasteiger partial charge in [-0.2, -0.15) is 16.9 Å². The average Bonchev–Trinajstić information content (AvgIpc) is 3.07. The van der Waals surface area contributed by atoms with Gasteiger partial charge in [-0.3, -0.25) is 10.5 Å². The van der Waals surface area contributed by atoms with Crippen molar-refractivity contribution in [3.63, 3.8) is 0 Å². The summed E-state index contributed by atoms with van der Waals surface area (Å²) in [6.07, 6.45) is 6.30. The zero-order chi connectivity index (χ0) is 13.9. The van der Waals surface area contributed by atoms with Crippen molar-refractivity contribution in [2.75, 3.05) is 5.75 Å². The summed E-state index contributed by atoms with van der Waals surface area (Å²) in [5.74, 6) is 8.17. The largest absolute Gasteiger partial charge is 0.272 e. The molecule has 0 spiro atoms. The highest BCUT2D eigenvalue weighted by molar-refractivity contribution is 7.98. The first-order valence-corrected chi connectivity index (χ1v) is 8.96. The number of nitrogens with zero attached hydrogens (tertiary/aromatic N) is 2. The van der Waals surface area contributed by atoms with Gasteiger partial charge in [0, 0.05) is 33.8 Å². The van der Waals surface area contributed by atoms with Gasteiger partial charge in [-0.05, 0) is 30.2 Å². The lowest BCUT2D eigenvalue weighted by Crippen LogP contribution is -2.27. The van der Waals surface area contributed by atoms with Crippen molar-refractivity contribution in [3.05, 3.63) is 39.3 Å². The van der Waals surface area contributed by atoms with Crippen molar-refractivity contribution < 1.29 is 0 Å². The average molecular weight is 308 g/mol. The predicted molar refractivity (Wildman–Crippen MR) is 85.9 cm³/mol. The second-order valence-electron chi connectivity index (χ2n) is 5.04. The molecular formula is C14H20N4S2. The van der Waals surface area contributed by atoms with Crippen LogP contribution >= 0.6 is 23.1 Å². The van der Waals surface area contributed by atoms with Gasteiger partial charge in [-0.1, -0.05) is 6.92 Å². The lowest BCUT2D eigenvalue weighted by molar-refractivity contribution is 0.598. The van der Waals surface area contributed by atoms with Crippen molar-refractivity contribution in [3.8, 4) is 0 Å². The molecule has 20 heavy (non-hydrogen) atoms. The van der Waals surface area contributed by atoms with Gasteiger partial charge in [0.25, 0.3) is 0 Å². The molecule has 3 heterocycles. The van der Waals surface area contributed by atoms with Crippen molar-refractivity contribution in [1.29, 1.82) is 0 Å². The quantitative estimate of drug-likeness (QED) is 0.659. The molecule has 108 valence electrons. The lowest BCUT2D eigenvalue weighted by Gasteiger charge is -2.11. The first-order valence-electron chi connectivity index (χ1n) is 6.99. The molecule has 6 heteroatoms. The molecule has 1 aliphatic heterocycles. The number of thiophene rings is 1. The summed E-state index contributed by atoms with van der Waals surface area (Å²) >= 11 is 3.91. The Labute approximate surface area is 127 Å². The van der Waals surface area contributed by atoms with Gasteiger partial charge < -0.3 is 0 Å². The molecule has 0 saturated heterocycles. The highest BCUT2D eigenvalue weighted by atomic mass is 32.2. The number of fused-ring (bicyclic) bond motifs is 1. The Morgan fingerprint density at radius 3 is 3.20 bits per heavy atom. The fourth-order valence-electron chi connectivity index (χ4n) is 2.54. The van der Waals surface area contributed by atoms with E-state index in [-0.39, 0.29) is 6.04 Å². The molecule has 1 atom stereocenters. The standard InChI is InChI=1S/C14H20N4S2/c1-2-4-18-8-11(7-16-18)14(17-15)13-6-10-9-19-5-3-12(10)20-13/h6-8,14,17H,2-5,9,15H2,1H3. The van der Waals surface area contributed by atoms with E-state index in [2.05, 4.69) is 29.7 Å². The molecule has 1 unspecified atom stereocenters. The molecule has 4 nitrogen and oxygen atoms in total. The van der Waals surface area contributed by atoms with E-state index in [0.717, 1.165) is 24.3 Å². The van der Waals surface area contributed by atoms with Gasteiger partial charge in [-0.25, -0.2) is 5.43 Å². The van der Waals surface area contributed by atoms with Crippen LogP contribution in [-0.4, -0.2) is 15.5 Å². The maximum atomic E-state index is 5.79. The van der Waals surface area contributed by atoms with Crippen molar-refractivity contribution in [2.45, 2.75) is 38.1 Å². The van der Waals surface area contributed by atoms with Crippen LogP contribution < -0.4 is 11.3 Å². The number of rotatable bonds is 5. The molecule has 1 aliphatic rings. The van der Waals surface area contributed by atoms with E-state index in [1.165, 1.54) is 27.5 Å². The number of nitrogens with two attached hydrogens (primary N) is 1. The molecule has 3 N–H and O–H groups in total. The third-order valence-electron chi connectivity index (χ3n) is 3.54. The Morgan fingerprint density at radius 1 is 1.55 bits per heavy atom. The first-order chi connectivity index (χ1) is 9.81. The number of aromatic nitrogens is 2. The summed E-state index contributed by atoms with van der Waals surface area (Å²) in [6, 6.07) is 2.37. The second kappa shape index (κ2) is 6.30. The molecule has 0 saturated carbocycles. The molecular weight excluding hydrogens is 288 g/mol. The summed E-state index contributed by atoms with van der Waals surface area (Å²) in [5, 5.41) is 4.40. The lowest BCUT2D eigenvalue weighted by atomic mass is 10.1. The molecule has 0 aliphatic carbocycles. The second-order valence-corrected chi connectivity index (χ2v) is 7.31. The van der Waals surface area contributed by atoms with E-state index in [1.807, 2.05) is 34.0 Å². The minimum atomic E-state index is 0.0567. The van der Waals surface area contributed by atoms with E-state index >= 15 is 0 Å².